The Labute approximate surface area is 143 Å². The molecule has 2 heterocycles. The standard InChI is InChI=1S/C16H15N3O5S/c1-9-10(15(20)11-8-17-19(2)16(11)21)4-5-13(25(3,22)23)14(9)12-6-7-24-18-12/h4-8,21H,1-3H3. The first-order chi connectivity index (χ1) is 11.7. The predicted octanol–water partition coefficient (Wildman–Crippen LogP) is 1.72. The number of hydrogen-bond acceptors (Lipinski definition) is 7. The largest absolute Gasteiger partial charge is 0.493 e. The van der Waals surface area contributed by atoms with Crippen LogP contribution < -0.4 is 0 Å². The maximum absolute atomic E-state index is 12.8. The summed E-state index contributed by atoms with van der Waals surface area (Å²) in [5.41, 5.74) is 1.30. The van der Waals surface area contributed by atoms with E-state index in [-0.39, 0.29) is 21.9 Å². The van der Waals surface area contributed by atoms with Crippen LogP contribution in [0.1, 0.15) is 21.5 Å². The fourth-order valence-electron chi connectivity index (χ4n) is 2.64. The van der Waals surface area contributed by atoms with Gasteiger partial charge in [0.15, 0.2) is 15.6 Å². The van der Waals surface area contributed by atoms with Gasteiger partial charge in [0.2, 0.25) is 5.88 Å². The van der Waals surface area contributed by atoms with Gasteiger partial charge in [-0.15, -0.1) is 0 Å². The average molecular weight is 361 g/mol. The van der Waals surface area contributed by atoms with E-state index in [0.29, 0.717) is 16.8 Å². The van der Waals surface area contributed by atoms with E-state index in [0.717, 1.165) is 6.26 Å². The third-order valence-electron chi connectivity index (χ3n) is 3.92. The summed E-state index contributed by atoms with van der Waals surface area (Å²) in [6.45, 7) is 1.62. The van der Waals surface area contributed by atoms with Crippen LogP contribution in [-0.4, -0.2) is 40.5 Å². The molecule has 25 heavy (non-hydrogen) atoms. The van der Waals surface area contributed by atoms with Crippen LogP contribution >= 0.6 is 0 Å². The molecule has 0 aliphatic heterocycles. The molecule has 0 spiro atoms. The quantitative estimate of drug-likeness (QED) is 0.704. The molecule has 2 aromatic heterocycles. The minimum absolute atomic E-state index is 0.0313. The van der Waals surface area contributed by atoms with Crippen molar-refractivity contribution in [3.8, 4) is 17.1 Å². The second kappa shape index (κ2) is 5.85. The van der Waals surface area contributed by atoms with Crippen LogP contribution in [0.3, 0.4) is 0 Å². The van der Waals surface area contributed by atoms with Crippen LogP contribution in [0.15, 0.2) is 40.1 Å². The third kappa shape index (κ3) is 2.82. The highest BCUT2D eigenvalue weighted by Gasteiger charge is 2.25. The Morgan fingerprint density at radius 1 is 1.24 bits per heavy atom. The number of sulfone groups is 1. The molecular formula is C16H15N3O5S. The molecule has 0 radical (unpaired) electrons. The Morgan fingerprint density at radius 2 is 1.96 bits per heavy atom. The lowest BCUT2D eigenvalue weighted by molar-refractivity contribution is 0.103. The first-order valence-corrected chi connectivity index (χ1v) is 9.11. The highest BCUT2D eigenvalue weighted by atomic mass is 32.2. The predicted molar refractivity (Wildman–Crippen MR) is 88.1 cm³/mol. The first-order valence-electron chi connectivity index (χ1n) is 7.22. The molecular weight excluding hydrogens is 346 g/mol. The number of aryl methyl sites for hydroxylation is 1. The van der Waals surface area contributed by atoms with Crippen molar-refractivity contribution in [1.29, 1.82) is 0 Å². The lowest BCUT2D eigenvalue weighted by Crippen LogP contribution is -2.08. The van der Waals surface area contributed by atoms with Crippen molar-refractivity contribution in [2.75, 3.05) is 6.26 Å². The van der Waals surface area contributed by atoms with Crippen LogP contribution in [0.5, 0.6) is 5.88 Å². The molecule has 0 amide bonds. The minimum Gasteiger partial charge on any atom is -0.493 e. The molecule has 0 unspecified atom stereocenters. The molecule has 0 saturated carbocycles. The molecule has 1 N–H and O–H groups in total. The van der Waals surface area contributed by atoms with E-state index in [1.807, 2.05) is 0 Å². The lowest BCUT2D eigenvalue weighted by Gasteiger charge is -2.13. The second-order valence-corrected chi connectivity index (χ2v) is 7.59. The van der Waals surface area contributed by atoms with E-state index in [1.165, 1.54) is 42.4 Å². The van der Waals surface area contributed by atoms with Gasteiger partial charge in [-0.25, -0.2) is 13.1 Å². The Hall–Kier alpha value is -2.94. The zero-order valence-corrected chi connectivity index (χ0v) is 14.5. The molecule has 8 nitrogen and oxygen atoms in total. The van der Waals surface area contributed by atoms with Gasteiger partial charge < -0.3 is 9.63 Å². The Kier molecular flexibility index (Phi) is 3.96. The van der Waals surface area contributed by atoms with Crippen molar-refractivity contribution in [3.05, 3.63) is 47.3 Å². The topological polar surface area (TPSA) is 115 Å². The molecule has 1 aromatic carbocycles. The van der Waals surface area contributed by atoms with E-state index in [2.05, 4.69) is 10.3 Å². The summed E-state index contributed by atoms with van der Waals surface area (Å²) in [6.07, 6.45) is 3.67. The SMILES string of the molecule is Cc1c(C(=O)c2cnn(C)c2O)ccc(S(C)(=O)=O)c1-c1ccon1. The Morgan fingerprint density at radius 3 is 2.48 bits per heavy atom. The van der Waals surface area contributed by atoms with Gasteiger partial charge in [-0.1, -0.05) is 5.16 Å². The van der Waals surface area contributed by atoms with Crippen LogP contribution in [0.2, 0.25) is 0 Å². The van der Waals surface area contributed by atoms with Crippen LogP contribution in [0.25, 0.3) is 11.3 Å². The number of aromatic nitrogens is 3. The molecule has 0 fully saturated rings. The highest BCUT2D eigenvalue weighted by Crippen LogP contribution is 2.33. The summed E-state index contributed by atoms with van der Waals surface area (Å²) in [5, 5.41) is 17.6. The molecule has 0 aliphatic carbocycles. The van der Waals surface area contributed by atoms with Gasteiger partial charge in [0.25, 0.3) is 0 Å². The summed E-state index contributed by atoms with van der Waals surface area (Å²) < 4.78 is 30.2. The van der Waals surface area contributed by atoms with Gasteiger partial charge in [-0.05, 0) is 24.6 Å². The molecule has 0 saturated heterocycles. The smallest absolute Gasteiger partial charge is 0.220 e. The summed E-state index contributed by atoms with van der Waals surface area (Å²) >= 11 is 0. The Bertz CT molecular complexity index is 1070. The zero-order chi connectivity index (χ0) is 18.4. The monoisotopic (exact) mass is 361 g/mol. The average Bonchev–Trinajstić information content (AvgIpc) is 3.17. The number of rotatable bonds is 4. The van der Waals surface area contributed by atoms with Crippen molar-refractivity contribution in [3.63, 3.8) is 0 Å². The fraction of sp³-hybridized carbons (Fsp3) is 0.188. The van der Waals surface area contributed by atoms with Crippen molar-refractivity contribution in [2.24, 2.45) is 7.05 Å². The maximum Gasteiger partial charge on any atom is 0.220 e. The summed E-state index contributed by atoms with van der Waals surface area (Å²) in [6, 6.07) is 4.30. The Balaban J connectivity index is 2.26. The molecule has 0 aliphatic rings. The van der Waals surface area contributed by atoms with E-state index in [1.54, 1.807) is 6.92 Å². The van der Waals surface area contributed by atoms with E-state index in [4.69, 9.17) is 4.52 Å². The van der Waals surface area contributed by atoms with Crippen molar-refractivity contribution < 1.29 is 22.8 Å². The second-order valence-electron chi connectivity index (χ2n) is 5.60. The van der Waals surface area contributed by atoms with Gasteiger partial charge in [0, 0.05) is 30.5 Å². The minimum atomic E-state index is -3.55. The fourth-order valence-corrected chi connectivity index (χ4v) is 3.58. The van der Waals surface area contributed by atoms with Crippen molar-refractivity contribution >= 4 is 15.6 Å². The zero-order valence-electron chi connectivity index (χ0n) is 13.7. The van der Waals surface area contributed by atoms with Gasteiger partial charge in [0.05, 0.1) is 11.1 Å². The summed E-state index contributed by atoms with van der Waals surface area (Å²) in [7, 11) is -2.05. The number of aromatic hydroxyl groups is 1. The number of ketones is 1. The van der Waals surface area contributed by atoms with Crippen molar-refractivity contribution in [2.45, 2.75) is 11.8 Å². The molecule has 130 valence electrons. The van der Waals surface area contributed by atoms with Crippen LogP contribution in [0, 0.1) is 6.92 Å². The van der Waals surface area contributed by atoms with Gasteiger partial charge in [0.1, 0.15) is 17.5 Å². The summed E-state index contributed by atoms with van der Waals surface area (Å²) in [5.74, 6) is -0.729. The molecule has 9 heteroatoms. The van der Waals surface area contributed by atoms with E-state index >= 15 is 0 Å². The molecule has 3 aromatic rings. The highest BCUT2D eigenvalue weighted by molar-refractivity contribution is 7.90. The molecule has 3 rings (SSSR count). The van der Waals surface area contributed by atoms with E-state index < -0.39 is 15.6 Å². The van der Waals surface area contributed by atoms with Crippen molar-refractivity contribution in [1.82, 2.24) is 14.9 Å². The normalized spacial score (nSPS) is 11.6. The molecule has 0 bridgehead atoms. The third-order valence-corrected chi connectivity index (χ3v) is 5.06. The lowest BCUT2D eigenvalue weighted by atomic mass is 9.95. The van der Waals surface area contributed by atoms with Crippen LogP contribution in [0.4, 0.5) is 0 Å². The molecule has 0 atom stereocenters. The number of hydrogen-bond donors (Lipinski definition) is 1. The number of carbonyl (C=O) groups is 1. The maximum atomic E-state index is 12.8. The first kappa shape index (κ1) is 16.9. The summed E-state index contributed by atoms with van der Waals surface area (Å²) in [4.78, 5) is 12.8. The number of carbonyl (C=O) groups excluding carboxylic acids is 1. The van der Waals surface area contributed by atoms with E-state index in [9.17, 15) is 18.3 Å². The van der Waals surface area contributed by atoms with Gasteiger partial charge >= 0.3 is 0 Å². The number of benzene rings is 1. The number of nitrogens with zero attached hydrogens (tertiary/aromatic N) is 3. The van der Waals surface area contributed by atoms with Gasteiger partial charge in [-0.3, -0.25) is 4.79 Å². The van der Waals surface area contributed by atoms with Gasteiger partial charge in [-0.2, -0.15) is 5.10 Å². The van der Waals surface area contributed by atoms with Crippen LogP contribution in [-0.2, 0) is 16.9 Å².